The lowest BCUT2D eigenvalue weighted by molar-refractivity contribution is 0.0598. The van der Waals surface area contributed by atoms with Gasteiger partial charge in [0.1, 0.15) is 5.76 Å². The van der Waals surface area contributed by atoms with Crippen LogP contribution in [0.1, 0.15) is 42.1 Å². The van der Waals surface area contributed by atoms with Crippen molar-refractivity contribution in [1.29, 1.82) is 0 Å². The van der Waals surface area contributed by atoms with Gasteiger partial charge in [0, 0.05) is 23.1 Å². The number of rotatable bonds is 3. The summed E-state index contributed by atoms with van der Waals surface area (Å²) >= 11 is 6.36. The van der Waals surface area contributed by atoms with Crippen molar-refractivity contribution >= 4 is 23.3 Å². The lowest BCUT2D eigenvalue weighted by Gasteiger charge is -2.26. The maximum absolute atomic E-state index is 12.4. The Hall–Kier alpha value is -2.46. The molecule has 1 unspecified atom stereocenters. The van der Waals surface area contributed by atoms with Gasteiger partial charge in [-0.3, -0.25) is 9.98 Å². The zero-order valence-electron chi connectivity index (χ0n) is 13.5. The molecular formula is C19H17ClN2O2. The summed E-state index contributed by atoms with van der Waals surface area (Å²) in [5, 5.41) is 0.653. The van der Waals surface area contributed by atoms with Gasteiger partial charge in [-0.05, 0) is 44.0 Å². The number of hydrogen-bond acceptors (Lipinski definition) is 4. The number of aromatic nitrogens is 1. The molecule has 3 rings (SSSR count). The SMILES string of the molecule is CC1=NC(C)=C(OC(=O)c2cccnc2)C(c2ccccc2Cl)C1. The number of aliphatic imine (C=N–C) groups is 1. The molecule has 0 N–H and O–H groups in total. The smallest absolute Gasteiger partial charge is 0.344 e. The molecular weight excluding hydrogens is 324 g/mol. The number of carbonyl (C=O) groups excluding carboxylic acids is 1. The number of carbonyl (C=O) groups is 1. The van der Waals surface area contributed by atoms with E-state index in [1.807, 2.05) is 38.1 Å². The van der Waals surface area contributed by atoms with Crippen LogP contribution in [0.25, 0.3) is 0 Å². The van der Waals surface area contributed by atoms with Crippen molar-refractivity contribution in [3.63, 3.8) is 0 Å². The molecule has 4 nitrogen and oxygen atoms in total. The molecule has 122 valence electrons. The van der Waals surface area contributed by atoms with Gasteiger partial charge in [-0.1, -0.05) is 29.8 Å². The fourth-order valence-electron chi connectivity index (χ4n) is 2.82. The molecule has 5 heteroatoms. The van der Waals surface area contributed by atoms with Gasteiger partial charge in [-0.25, -0.2) is 4.79 Å². The van der Waals surface area contributed by atoms with Gasteiger partial charge in [0.2, 0.25) is 0 Å². The molecule has 0 bridgehead atoms. The quantitative estimate of drug-likeness (QED) is 0.756. The number of hydrogen-bond donors (Lipinski definition) is 0. The highest BCUT2D eigenvalue weighted by atomic mass is 35.5. The van der Waals surface area contributed by atoms with E-state index in [-0.39, 0.29) is 5.92 Å². The molecule has 1 aliphatic rings. The molecule has 2 aromatic rings. The number of nitrogens with zero attached hydrogens (tertiary/aromatic N) is 2. The lowest BCUT2D eigenvalue weighted by Crippen LogP contribution is -2.19. The van der Waals surface area contributed by atoms with Crippen LogP contribution < -0.4 is 0 Å². The highest BCUT2D eigenvalue weighted by molar-refractivity contribution is 6.31. The van der Waals surface area contributed by atoms with E-state index in [0.717, 1.165) is 11.3 Å². The van der Waals surface area contributed by atoms with Crippen molar-refractivity contribution < 1.29 is 9.53 Å². The van der Waals surface area contributed by atoms with E-state index in [1.54, 1.807) is 18.3 Å². The number of halogens is 1. The topological polar surface area (TPSA) is 51.5 Å². The fraction of sp³-hybridized carbons (Fsp3) is 0.211. The zero-order valence-corrected chi connectivity index (χ0v) is 14.2. The first-order valence-electron chi connectivity index (χ1n) is 7.68. The number of esters is 1. The van der Waals surface area contributed by atoms with Crippen molar-refractivity contribution in [2.45, 2.75) is 26.2 Å². The Bertz CT molecular complexity index is 828. The minimum absolute atomic E-state index is 0.128. The highest BCUT2D eigenvalue weighted by Crippen LogP contribution is 2.38. The summed E-state index contributed by atoms with van der Waals surface area (Å²) in [5.74, 6) is -0.0244. The predicted octanol–water partition coefficient (Wildman–Crippen LogP) is 4.77. The number of ether oxygens (including phenoxy) is 1. The summed E-state index contributed by atoms with van der Waals surface area (Å²) in [6, 6.07) is 11.0. The average Bonchev–Trinajstić information content (AvgIpc) is 2.58. The summed E-state index contributed by atoms with van der Waals surface area (Å²) in [6.07, 6.45) is 3.76. The van der Waals surface area contributed by atoms with Crippen molar-refractivity contribution in [2.24, 2.45) is 4.99 Å². The molecule has 2 heterocycles. The Kier molecular flexibility index (Phi) is 4.76. The second-order valence-corrected chi connectivity index (χ2v) is 6.11. The molecule has 0 saturated heterocycles. The largest absolute Gasteiger partial charge is 0.425 e. The third-order valence-corrected chi connectivity index (χ3v) is 4.26. The normalized spacial score (nSPS) is 17.5. The van der Waals surface area contributed by atoms with Gasteiger partial charge in [0.25, 0.3) is 0 Å². The van der Waals surface area contributed by atoms with Crippen molar-refractivity contribution in [3.05, 3.63) is 76.4 Å². The number of benzene rings is 1. The van der Waals surface area contributed by atoms with Gasteiger partial charge in [0.15, 0.2) is 0 Å². The molecule has 0 aliphatic carbocycles. The average molecular weight is 341 g/mol. The minimum Gasteiger partial charge on any atom is -0.425 e. The molecule has 0 spiro atoms. The Labute approximate surface area is 145 Å². The lowest BCUT2D eigenvalue weighted by atomic mass is 9.89. The van der Waals surface area contributed by atoms with Crippen LogP contribution in [0.3, 0.4) is 0 Å². The monoisotopic (exact) mass is 340 g/mol. The van der Waals surface area contributed by atoms with E-state index in [0.29, 0.717) is 28.5 Å². The first-order chi connectivity index (χ1) is 11.6. The maximum Gasteiger partial charge on any atom is 0.344 e. The molecule has 0 amide bonds. The zero-order chi connectivity index (χ0) is 17.1. The van der Waals surface area contributed by atoms with E-state index in [9.17, 15) is 4.79 Å². The number of allylic oxidation sites excluding steroid dienone is 2. The standard InChI is InChI=1S/C19H17ClN2O2/c1-12-10-16(15-7-3-4-8-17(15)20)18(13(2)22-12)24-19(23)14-6-5-9-21-11-14/h3-9,11,16H,10H2,1-2H3. The molecule has 0 fully saturated rings. The molecule has 1 atom stereocenters. The van der Waals surface area contributed by atoms with Crippen LogP contribution in [0.4, 0.5) is 0 Å². The van der Waals surface area contributed by atoms with E-state index in [2.05, 4.69) is 9.98 Å². The second-order valence-electron chi connectivity index (χ2n) is 5.71. The van der Waals surface area contributed by atoms with Crippen LogP contribution >= 0.6 is 11.6 Å². The molecule has 1 aromatic carbocycles. The third-order valence-electron chi connectivity index (χ3n) is 3.91. The van der Waals surface area contributed by atoms with Gasteiger partial charge in [-0.2, -0.15) is 0 Å². The van der Waals surface area contributed by atoms with Crippen LogP contribution in [0.5, 0.6) is 0 Å². The van der Waals surface area contributed by atoms with Crippen LogP contribution in [-0.4, -0.2) is 16.7 Å². The van der Waals surface area contributed by atoms with Gasteiger partial charge >= 0.3 is 5.97 Å². The van der Waals surface area contributed by atoms with E-state index >= 15 is 0 Å². The van der Waals surface area contributed by atoms with Gasteiger partial charge < -0.3 is 4.74 Å². The number of pyridine rings is 1. The van der Waals surface area contributed by atoms with Crippen molar-refractivity contribution in [3.8, 4) is 0 Å². The van der Waals surface area contributed by atoms with Crippen LogP contribution in [0.15, 0.2) is 65.2 Å². The Morgan fingerprint density at radius 3 is 2.71 bits per heavy atom. The van der Waals surface area contributed by atoms with E-state index < -0.39 is 5.97 Å². The van der Waals surface area contributed by atoms with Crippen LogP contribution in [0, 0.1) is 0 Å². The summed E-state index contributed by atoms with van der Waals surface area (Å²) in [5.41, 5.74) is 3.02. The second kappa shape index (κ2) is 6.97. The van der Waals surface area contributed by atoms with Crippen molar-refractivity contribution in [2.75, 3.05) is 0 Å². The molecule has 0 saturated carbocycles. The molecule has 24 heavy (non-hydrogen) atoms. The Morgan fingerprint density at radius 2 is 2.00 bits per heavy atom. The van der Waals surface area contributed by atoms with E-state index in [4.69, 9.17) is 16.3 Å². The first-order valence-corrected chi connectivity index (χ1v) is 8.05. The van der Waals surface area contributed by atoms with Crippen LogP contribution in [0.2, 0.25) is 5.02 Å². The summed E-state index contributed by atoms with van der Waals surface area (Å²) in [6.45, 7) is 3.81. The maximum atomic E-state index is 12.4. The predicted molar refractivity (Wildman–Crippen MR) is 94.3 cm³/mol. The Balaban J connectivity index is 1.96. The Morgan fingerprint density at radius 1 is 1.21 bits per heavy atom. The van der Waals surface area contributed by atoms with Crippen LogP contribution in [-0.2, 0) is 4.74 Å². The van der Waals surface area contributed by atoms with Gasteiger partial charge in [0.05, 0.1) is 17.2 Å². The van der Waals surface area contributed by atoms with E-state index in [1.165, 1.54) is 6.20 Å². The van der Waals surface area contributed by atoms with Crippen molar-refractivity contribution in [1.82, 2.24) is 4.98 Å². The van der Waals surface area contributed by atoms with Gasteiger partial charge in [-0.15, -0.1) is 0 Å². The highest BCUT2D eigenvalue weighted by Gasteiger charge is 2.29. The summed E-state index contributed by atoms with van der Waals surface area (Å²) < 4.78 is 5.69. The molecule has 0 radical (unpaired) electrons. The summed E-state index contributed by atoms with van der Waals surface area (Å²) in [4.78, 5) is 20.9. The summed E-state index contributed by atoms with van der Waals surface area (Å²) in [7, 11) is 0. The fourth-order valence-corrected chi connectivity index (χ4v) is 3.09. The molecule has 1 aromatic heterocycles. The first kappa shape index (κ1) is 16.4. The third kappa shape index (κ3) is 3.39. The minimum atomic E-state index is -0.441. The molecule has 1 aliphatic heterocycles.